The van der Waals surface area contributed by atoms with Crippen molar-refractivity contribution in [3.05, 3.63) is 24.2 Å². The Kier molecular flexibility index (Phi) is 3.24. The van der Waals surface area contributed by atoms with Gasteiger partial charge in [0, 0.05) is 18.5 Å². The lowest BCUT2D eigenvalue weighted by Gasteiger charge is -2.37. The van der Waals surface area contributed by atoms with Crippen molar-refractivity contribution in [2.75, 3.05) is 6.54 Å². The summed E-state index contributed by atoms with van der Waals surface area (Å²) in [6.07, 6.45) is 9.86. The standard InChI is InChI=1S/C15H23NO/c1-12-10-13-6-7-14(11-12)16(13)8-2-4-15-5-3-9-17-15/h3,5,9,12-14H,2,4,6-8,10-11H2,1H3. The van der Waals surface area contributed by atoms with E-state index in [1.807, 2.05) is 6.07 Å². The molecule has 2 heteroatoms. The smallest absolute Gasteiger partial charge is 0.103 e. The van der Waals surface area contributed by atoms with Crippen LogP contribution in [0.15, 0.2) is 22.8 Å². The molecule has 2 unspecified atom stereocenters. The number of hydrogen-bond acceptors (Lipinski definition) is 2. The van der Waals surface area contributed by atoms with Gasteiger partial charge in [0.15, 0.2) is 0 Å². The fraction of sp³-hybridized carbons (Fsp3) is 0.733. The second-order valence-corrected chi connectivity index (χ2v) is 5.88. The Morgan fingerprint density at radius 3 is 2.71 bits per heavy atom. The van der Waals surface area contributed by atoms with Crippen LogP contribution in [0, 0.1) is 5.92 Å². The number of rotatable bonds is 4. The number of hydrogen-bond donors (Lipinski definition) is 0. The van der Waals surface area contributed by atoms with E-state index in [1.165, 1.54) is 38.6 Å². The average molecular weight is 233 g/mol. The van der Waals surface area contributed by atoms with Crippen LogP contribution in [0.1, 0.15) is 44.8 Å². The first-order chi connectivity index (χ1) is 8.33. The number of nitrogens with zero attached hydrogens (tertiary/aromatic N) is 1. The van der Waals surface area contributed by atoms with Crippen molar-refractivity contribution in [2.45, 2.75) is 57.5 Å². The number of fused-ring (bicyclic) bond motifs is 2. The molecule has 3 heterocycles. The molecule has 2 nitrogen and oxygen atoms in total. The van der Waals surface area contributed by atoms with Crippen LogP contribution in [-0.2, 0) is 6.42 Å². The molecule has 0 N–H and O–H groups in total. The fourth-order valence-corrected chi connectivity index (χ4v) is 3.80. The molecule has 2 bridgehead atoms. The van der Waals surface area contributed by atoms with Crippen molar-refractivity contribution in [3.8, 4) is 0 Å². The quantitative estimate of drug-likeness (QED) is 0.791. The molecule has 1 aromatic heterocycles. The highest BCUT2D eigenvalue weighted by atomic mass is 16.3. The van der Waals surface area contributed by atoms with Crippen LogP contribution in [0.25, 0.3) is 0 Å². The number of aryl methyl sites for hydroxylation is 1. The van der Waals surface area contributed by atoms with E-state index in [1.54, 1.807) is 6.26 Å². The van der Waals surface area contributed by atoms with E-state index < -0.39 is 0 Å². The normalized spacial score (nSPS) is 33.1. The van der Waals surface area contributed by atoms with Crippen molar-refractivity contribution < 1.29 is 4.42 Å². The van der Waals surface area contributed by atoms with Gasteiger partial charge in [-0.25, -0.2) is 0 Å². The van der Waals surface area contributed by atoms with E-state index in [9.17, 15) is 0 Å². The third kappa shape index (κ3) is 2.42. The molecule has 1 aromatic rings. The van der Waals surface area contributed by atoms with Crippen LogP contribution in [0.2, 0.25) is 0 Å². The van der Waals surface area contributed by atoms with Crippen molar-refractivity contribution in [3.63, 3.8) is 0 Å². The largest absolute Gasteiger partial charge is 0.469 e. The first-order valence-corrected chi connectivity index (χ1v) is 7.11. The molecule has 2 saturated heterocycles. The third-order valence-electron chi connectivity index (χ3n) is 4.54. The molecule has 0 radical (unpaired) electrons. The first-order valence-electron chi connectivity index (χ1n) is 7.11. The Bertz CT molecular complexity index is 332. The zero-order valence-electron chi connectivity index (χ0n) is 10.8. The minimum Gasteiger partial charge on any atom is -0.469 e. The van der Waals surface area contributed by atoms with Crippen LogP contribution in [0.5, 0.6) is 0 Å². The minimum absolute atomic E-state index is 0.889. The topological polar surface area (TPSA) is 16.4 Å². The first kappa shape index (κ1) is 11.3. The Morgan fingerprint density at radius 2 is 2.06 bits per heavy atom. The monoisotopic (exact) mass is 233 g/mol. The van der Waals surface area contributed by atoms with Gasteiger partial charge in [0.2, 0.25) is 0 Å². The predicted molar refractivity (Wildman–Crippen MR) is 68.9 cm³/mol. The highest BCUT2D eigenvalue weighted by molar-refractivity contribution is 4.99. The number of piperidine rings is 1. The summed E-state index contributed by atoms with van der Waals surface area (Å²) < 4.78 is 5.39. The summed E-state index contributed by atoms with van der Waals surface area (Å²) in [5.74, 6) is 2.09. The Morgan fingerprint density at radius 1 is 1.29 bits per heavy atom. The molecule has 17 heavy (non-hydrogen) atoms. The Balaban J connectivity index is 1.49. The summed E-state index contributed by atoms with van der Waals surface area (Å²) in [7, 11) is 0. The van der Waals surface area contributed by atoms with Crippen molar-refractivity contribution in [2.24, 2.45) is 5.92 Å². The molecule has 3 rings (SSSR count). The average Bonchev–Trinajstić information content (AvgIpc) is 2.88. The van der Waals surface area contributed by atoms with Crippen LogP contribution in [0.3, 0.4) is 0 Å². The molecular formula is C15H23NO. The lowest BCUT2D eigenvalue weighted by atomic mass is 9.92. The molecule has 94 valence electrons. The molecule has 2 aliphatic rings. The highest BCUT2D eigenvalue weighted by Crippen LogP contribution is 2.38. The highest BCUT2D eigenvalue weighted by Gasteiger charge is 2.38. The maximum absolute atomic E-state index is 5.39. The summed E-state index contributed by atoms with van der Waals surface area (Å²) in [6.45, 7) is 3.69. The fourth-order valence-electron chi connectivity index (χ4n) is 3.80. The Labute approximate surface area is 104 Å². The van der Waals surface area contributed by atoms with Crippen LogP contribution in [0.4, 0.5) is 0 Å². The van der Waals surface area contributed by atoms with Crippen LogP contribution >= 0.6 is 0 Å². The molecule has 0 aromatic carbocycles. The SMILES string of the molecule is CC1CC2CCC(C1)N2CCCc1ccco1. The molecular weight excluding hydrogens is 210 g/mol. The van der Waals surface area contributed by atoms with E-state index in [0.717, 1.165) is 30.2 Å². The second-order valence-electron chi connectivity index (χ2n) is 5.88. The van der Waals surface area contributed by atoms with Gasteiger partial charge in [-0.1, -0.05) is 6.92 Å². The lowest BCUT2D eigenvalue weighted by molar-refractivity contribution is 0.108. The molecule has 0 aliphatic carbocycles. The third-order valence-corrected chi connectivity index (χ3v) is 4.54. The minimum atomic E-state index is 0.889. The molecule has 2 fully saturated rings. The zero-order chi connectivity index (χ0) is 11.7. The second kappa shape index (κ2) is 4.85. The summed E-state index contributed by atoms with van der Waals surface area (Å²) in [5, 5.41) is 0. The lowest BCUT2D eigenvalue weighted by Crippen LogP contribution is -2.42. The molecule has 2 aliphatic heterocycles. The molecule has 0 spiro atoms. The van der Waals surface area contributed by atoms with Gasteiger partial charge in [0.25, 0.3) is 0 Å². The molecule has 0 saturated carbocycles. The van der Waals surface area contributed by atoms with Crippen LogP contribution < -0.4 is 0 Å². The van der Waals surface area contributed by atoms with Gasteiger partial charge in [0.1, 0.15) is 5.76 Å². The van der Waals surface area contributed by atoms with Crippen molar-refractivity contribution in [1.82, 2.24) is 4.90 Å². The van der Waals surface area contributed by atoms with E-state index in [0.29, 0.717) is 0 Å². The van der Waals surface area contributed by atoms with Crippen molar-refractivity contribution in [1.29, 1.82) is 0 Å². The maximum Gasteiger partial charge on any atom is 0.103 e. The van der Waals surface area contributed by atoms with Gasteiger partial charge in [-0.2, -0.15) is 0 Å². The van der Waals surface area contributed by atoms with E-state index >= 15 is 0 Å². The van der Waals surface area contributed by atoms with E-state index in [4.69, 9.17) is 4.42 Å². The number of furan rings is 1. The maximum atomic E-state index is 5.39. The summed E-state index contributed by atoms with van der Waals surface area (Å²) in [6, 6.07) is 5.86. The summed E-state index contributed by atoms with van der Waals surface area (Å²) >= 11 is 0. The summed E-state index contributed by atoms with van der Waals surface area (Å²) in [4.78, 5) is 2.78. The van der Waals surface area contributed by atoms with Crippen LogP contribution in [-0.4, -0.2) is 23.5 Å². The van der Waals surface area contributed by atoms with Gasteiger partial charge in [-0.3, -0.25) is 4.90 Å². The van der Waals surface area contributed by atoms with Gasteiger partial charge in [-0.05, 0) is 56.7 Å². The zero-order valence-corrected chi connectivity index (χ0v) is 10.8. The van der Waals surface area contributed by atoms with Gasteiger partial charge >= 0.3 is 0 Å². The molecule has 2 atom stereocenters. The van der Waals surface area contributed by atoms with E-state index in [-0.39, 0.29) is 0 Å². The predicted octanol–water partition coefficient (Wildman–Crippen LogP) is 3.48. The van der Waals surface area contributed by atoms with Gasteiger partial charge < -0.3 is 4.42 Å². The Hall–Kier alpha value is -0.760. The summed E-state index contributed by atoms with van der Waals surface area (Å²) in [5.41, 5.74) is 0. The van der Waals surface area contributed by atoms with E-state index in [2.05, 4.69) is 17.9 Å². The van der Waals surface area contributed by atoms with Gasteiger partial charge in [0.05, 0.1) is 6.26 Å². The van der Waals surface area contributed by atoms with Crippen molar-refractivity contribution >= 4 is 0 Å². The van der Waals surface area contributed by atoms with Gasteiger partial charge in [-0.15, -0.1) is 0 Å². The molecule has 0 amide bonds.